The van der Waals surface area contributed by atoms with Gasteiger partial charge in [-0.2, -0.15) is 0 Å². The summed E-state index contributed by atoms with van der Waals surface area (Å²) in [6.45, 7) is 0.00639. The molecule has 21 heavy (non-hydrogen) atoms. The fraction of sp³-hybridized carbons (Fsp3) is 0.188. The van der Waals surface area contributed by atoms with E-state index in [9.17, 15) is 15.0 Å². The summed E-state index contributed by atoms with van der Waals surface area (Å²) in [6, 6.07) is 13.0. The van der Waals surface area contributed by atoms with Gasteiger partial charge in [0.15, 0.2) is 0 Å². The maximum absolute atomic E-state index is 11.3. The molecule has 0 aliphatic carbocycles. The lowest BCUT2D eigenvalue weighted by Crippen LogP contribution is -2.19. The highest BCUT2D eigenvalue weighted by molar-refractivity contribution is 5.76. The second-order valence-electron chi connectivity index (χ2n) is 4.47. The van der Waals surface area contributed by atoms with E-state index in [1.807, 2.05) is 0 Å². The topological polar surface area (TPSA) is 76.0 Å². The monoisotopic (exact) mass is 288 g/mol. The molecule has 0 amide bonds. The van der Waals surface area contributed by atoms with Crippen molar-refractivity contribution in [1.82, 2.24) is 0 Å². The molecule has 0 aliphatic heterocycles. The first-order valence-corrected chi connectivity index (χ1v) is 6.38. The molecule has 2 aromatic rings. The third-order valence-electron chi connectivity index (χ3n) is 3.07. The van der Waals surface area contributed by atoms with Gasteiger partial charge in [-0.25, -0.2) is 0 Å². The van der Waals surface area contributed by atoms with Gasteiger partial charge in [-0.15, -0.1) is 0 Å². The van der Waals surface area contributed by atoms with Crippen LogP contribution in [0.3, 0.4) is 0 Å². The van der Waals surface area contributed by atoms with Crippen LogP contribution < -0.4 is 9.47 Å². The van der Waals surface area contributed by atoms with Gasteiger partial charge >= 0.3 is 5.97 Å². The summed E-state index contributed by atoms with van der Waals surface area (Å²) in [7, 11) is 1.57. The molecule has 0 aromatic heterocycles. The van der Waals surface area contributed by atoms with E-state index in [4.69, 9.17) is 9.47 Å². The molecule has 5 heteroatoms. The number of carbonyl (C=O) groups is 1. The van der Waals surface area contributed by atoms with Crippen molar-refractivity contribution in [2.24, 2.45) is 0 Å². The minimum absolute atomic E-state index is 0.00639. The fourth-order valence-electron chi connectivity index (χ4n) is 1.87. The molecule has 0 spiro atoms. The molecule has 0 saturated carbocycles. The normalized spacial score (nSPS) is 11.7. The molecule has 0 bridgehead atoms. The highest BCUT2D eigenvalue weighted by atomic mass is 16.5. The van der Waals surface area contributed by atoms with Crippen molar-refractivity contribution in [3.63, 3.8) is 0 Å². The molecule has 5 nitrogen and oxygen atoms in total. The Labute approximate surface area is 122 Å². The van der Waals surface area contributed by atoms with Crippen molar-refractivity contribution < 1.29 is 24.5 Å². The Bertz CT molecular complexity index is 589. The molecular weight excluding hydrogens is 272 g/mol. The Morgan fingerprint density at radius 3 is 2.14 bits per heavy atom. The Morgan fingerprint density at radius 2 is 1.62 bits per heavy atom. The zero-order chi connectivity index (χ0) is 15.2. The fourth-order valence-corrected chi connectivity index (χ4v) is 1.87. The van der Waals surface area contributed by atoms with Crippen LogP contribution in [-0.4, -0.2) is 29.9 Å². The van der Waals surface area contributed by atoms with Gasteiger partial charge in [0.25, 0.3) is 0 Å². The molecule has 110 valence electrons. The van der Waals surface area contributed by atoms with Gasteiger partial charge in [0.1, 0.15) is 29.8 Å². The lowest BCUT2D eigenvalue weighted by atomic mass is 10.0. The number of carboxylic acid groups (broad SMARTS) is 1. The van der Waals surface area contributed by atoms with E-state index < -0.39 is 11.9 Å². The smallest absolute Gasteiger partial charge is 0.314 e. The first kappa shape index (κ1) is 14.7. The zero-order valence-electron chi connectivity index (χ0n) is 11.5. The van der Waals surface area contributed by atoms with Crippen molar-refractivity contribution in [3.8, 4) is 17.2 Å². The van der Waals surface area contributed by atoms with Gasteiger partial charge in [-0.3, -0.25) is 4.79 Å². The molecule has 2 N–H and O–H groups in total. The molecule has 2 rings (SSSR count). The summed E-state index contributed by atoms with van der Waals surface area (Å²) >= 11 is 0. The minimum atomic E-state index is -0.978. The second kappa shape index (κ2) is 6.65. The van der Waals surface area contributed by atoms with E-state index in [2.05, 4.69) is 0 Å². The standard InChI is InChI=1S/C16H16O5/c1-20-13-6-8-14(9-7-13)21-10-15(16(18)19)11-2-4-12(17)5-3-11/h2-9,15,17H,10H2,1H3,(H,18,19). The molecule has 0 heterocycles. The van der Waals surface area contributed by atoms with E-state index in [0.29, 0.717) is 17.1 Å². The first-order valence-electron chi connectivity index (χ1n) is 6.38. The Balaban J connectivity index is 2.06. The van der Waals surface area contributed by atoms with Crippen LogP contribution in [0.5, 0.6) is 17.2 Å². The van der Waals surface area contributed by atoms with Crippen LogP contribution in [0, 0.1) is 0 Å². The summed E-state index contributed by atoms with van der Waals surface area (Å²) in [5.41, 5.74) is 0.578. The number of rotatable bonds is 6. The second-order valence-corrected chi connectivity index (χ2v) is 4.47. The Morgan fingerprint density at radius 1 is 1.05 bits per heavy atom. The van der Waals surface area contributed by atoms with Crippen molar-refractivity contribution in [2.75, 3.05) is 13.7 Å². The Hall–Kier alpha value is -2.69. The highest BCUT2D eigenvalue weighted by Gasteiger charge is 2.20. The maximum atomic E-state index is 11.3. The Kier molecular flexibility index (Phi) is 4.66. The number of phenols is 1. The van der Waals surface area contributed by atoms with Crippen LogP contribution in [0.1, 0.15) is 11.5 Å². The molecule has 0 saturated heterocycles. The SMILES string of the molecule is COc1ccc(OCC(C(=O)O)c2ccc(O)cc2)cc1. The zero-order valence-corrected chi connectivity index (χ0v) is 11.5. The van der Waals surface area contributed by atoms with Crippen molar-refractivity contribution >= 4 is 5.97 Å². The van der Waals surface area contributed by atoms with Gasteiger partial charge in [0.05, 0.1) is 7.11 Å². The van der Waals surface area contributed by atoms with Crippen LogP contribution in [0.2, 0.25) is 0 Å². The number of hydrogen-bond donors (Lipinski definition) is 2. The number of ether oxygens (including phenoxy) is 2. The average Bonchev–Trinajstić information content (AvgIpc) is 2.49. The number of phenolic OH excluding ortho intramolecular Hbond substituents is 1. The van der Waals surface area contributed by atoms with Gasteiger partial charge in [0, 0.05) is 0 Å². The maximum Gasteiger partial charge on any atom is 0.314 e. The van der Waals surface area contributed by atoms with Gasteiger partial charge < -0.3 is 19.7 Å². The van der Waals surface area contributed by atoms with Crippen LogP contribution >= 0.6 is 0 Å². The molecule has 0 aliphatic rings. The minimum Gasteiger partial charge on any atom is -0.508 e. The summed E-state index contributed by atoms with van der Waals surface area (Å²) in [6.07, 6.45) is 0. The largest absolute Gasteiger partial charge is 0.508 e. The first-order chi connectivity index (χ1) is 10.1. The number of methoxy groups -OCH3 is 1. The summed E-state index contributed by atoms with van der Waals surface area (Å²) in [5, 5.41) is 18.5. The van der Waals surface area contributed by atoms with Crippen molar-refractivity contribution in [2.45, 2.75) is 5.92 Å². The van der Waals surface area contributed by atoms with E-state index in [-0.39, 0.29) is 12.4 Å². The van der Waals surface area contributed by atoms with E-state index in [0.717, 1.165) is 0 Å². The van der Waals surface area contributed by atoms with E-state index >= 15 is 0 Å². The van der Waals surface area contributed by atoms with E-state index in [1.54, 1.807) is 43.5 Å². The van der Waals surface area contributed by atoms with Crippen LogP contribution in [0.4, 0.5) is 0 Å². The van der Waals surface area contributed by atoms with E-state index in [1.165, 1.54) is 12.1 Å². The third-order valence-corrected chi connectivity index (χ3v) is 3.07. The van der Waals surface area contributed by atoms with Crippen LogP contribution in [-0.2, 0) is 4.79 Å². The van der Waals surface area contributed by atoms with Crippen molar-refractivity contribution in [3.05, 3.63) is 54.1 Å². The molecule has 0 fully saturated rings. The van der Waals surface area contributed by atoms with Crippen LogP contribution in [0.25, 0.3) is 0 Å². The highest BCUT2D eigenvalue weighted by Crippen LogP contribution is 2.22. The number of aliphatic carboxylic acids is 1. The van der Waals surface area contributed by atoms with Gasteiger partial charge in [-0.05, 0) is 42.0 Å². The molecule has 2 aromatic carbocycles. The number of hydrogen-bond acceptors (Lipinski definition) is 4. The average molecular weight is 288 g/mol. The number of aromatic hydroxyl groups is 1. The molecular formula is C16H16O5. The lowest BCUT2D eigenvalue weighted by Gasteiger charge is -2.14. The van der Waals surface area contributed by atoms with Gasteiger partial charge in [-0.1, -0.05) is 12.1 Å². The molecule has 0 radical (unpaired) electrons. The summed E-state index contributed by atoms with van der Waals surface area (Å²) < 4.78 is 10.6. The molecule has 1 unspecified atom stereocenters. The lowest BCUT2D eigenvalue weighted by molar-refractivity contribution is -0.139. The predicted octanol–water partition coefficient (Wildman–Crippen LogP) is 2.65. The quantitative estimate of drug-likeness (QED) is 0.854. The number of carboxylic acids is 1. The van der Waals surface area contributed by atoms with Crippen molar-refractivity contribution in [1.29, 1.82) is 0 Å². The predicted molar refractivity (Wildman–Crippen MR) is 77.0 cm³/mol. The number of benzene rings is 2. The molecule has 1 atom stereocenters. The third kappa shape index (κ3) is 3.89. The van der Waals surface area contributed by atoms with Gasteiger partial charge in [0.2, 0.25) is 0 Å². The summed E-state index contributed by atoms with van der Waals surface area (Å²) in [4.78, 5) is 11.3. The van der Waals surface area contributed by atoms with Crippen LogP contribution in [0.15, 0.2) is 48.5 Å². The summed E-state index contributed by atoms with van der Waals surface area (Å²) in [5.74, 6) is -0.405.